The number of nitrogens with zero attached hydrogens (tertiary/aromatic N) is 2. The Kier molecular flexibility index (Phi) is 10.5. The number of hydrogen-bond donors (Lipinski definition) is 3. The third kappa shape index (κ3) is 7.60. The summed E-state index contributed by atoms with van der Waals surface area (Å²) in [5, 5.41) is 9.35. The van der Waals surface area contributed by atoms with E-state index in [0.717, 1.165) is 37.4 Å². The number of hydrogen-bond acceptors (Lipinski definition) is 8. The topological polar surface area (TPSA) is 105 Å². The van der Waals surface area contributed by atoms with Gasteiger partial charge in [-0.1, -0.05) is 34.0 Å². The van der Waals surface area contributed by atoms with E-state index in [0.29, 0.717) is 23.4 Å². The van der Waals surface area contributed by atoms with Crippen LogP contribution < -0.4 is 20.7 Å². The van der Waals surface area contributed by atoms with Crippen molar-refractivity contribution in [2.45, 2.75) is 65.4 Å². The largest absolute Gasteiger partial charge is 0.498 e. The zero-order valence-corrected chi connectivity index (χ0v) is 30.0. The van der Waals surface area contributed by atoms with Crippen LogP contribution in [0.4, 0.5) is 23.1 Å². The van der Waals surface area contributed by atoms with E-state index in [9.17, 15) is 8.42 Å². The highest BCUT2D eigenvalue weighted by Gasteiger charge is 2.48. The van der Waals surface area contributed by atoms with Crippen LogP contribution in [0.2, 0.25) is 15.2 Å². The summed E-state index contributed by atoms with van der Waals surface area (Å²) in [6, 6.07) is 11.1. The number of sulfone groups is 1. The maximum atomic E-state index is 13.1. The Labute approximate surface area is 280 Å². The molecule has 0 bridgehead atoms. The van der Waals surface area contributed by atoms with Crippen LogP contribution in [0.15, 0.2) is 47.5 Å². The summed E-state index contributed by atoms with van der Waals surface area (Å²) in [6.07, 6.45) is 3.66. The van der Waals surface area contributed by atoms with Crippen molar-refractivity contribution in [1.29, 1.82) is 0 Å². The molecule has 3 N–H and O–H groups in total. The van der Waals surface area contributed by atoms with Gasteiger partial charge < -0.3 is 20.7 Å². The summed E-state index contributed by atoms with van der Waals surface area (Å²) in [5.41, 5.74) is 3.08. The normalized spacial score (nSPS) is 15.1. The number of nitrogens with one attached hydrogen (secondary N) is 3. The fourth-order valence-electron chi connectivity index (χ4n) is 5.94. The molecular formula is C28H43B7ClN5O3S. The Morgan fingerprint density at radius 3 is 2.20 bits per heavy atom. The first-order valence-corrected chi connectivity index (χ1v) is 17.7. The Morgan fingerprint density at radius 1 is 0.978 bits per heavy atom. The maximum absolute atomic E-state index is 13.1. The molecule has 0 spiro atoms. The molecule has 0 unspecified atom stereocenters. The van der Waals surface area contributed by atoms with E-state index >= 15 is 0 Å². The number of benzene rings is 2. The van der Waals surface area contributed by atoms with E-state index in [-0.39, 0.29) is 20.1 Å². The summed E-state index contributed by atoms with van der Waals surface area (Å²) >= 11 is 6.53. The Bertz CT molecular complexity index is 1630. The number of piperidine rings is 1. The van der Waals surface area contributed by atoms with Gasteiger partial charge in [0, 0.05) is 5.50 Å². The van der Waals surface area contributed by atoms with E-state index in [4.69, 9.17) is 16.3 Å². The fraction of sp³-hybridized carbons (Fsp3) is 0.429. The lowest BCUT2D eigenvalue weighted by Gasteiger charge is -2.53. The van der Waals surface area contributed by atoms with Crippen molar-refractivity contribution in [3.05, 3.63) is 58.7 Å². The Morgan fingerprint density at radius 2 is 1.60 bits per heavy atom. The Hall–Kier alpha value is -2.43. The lowest BCUT2D eigenvalue weighted by atomic mass is 9.19. The molecule has 4 rings (SSSR count). The van der Waals surface area contributed by atoms with Gasteiger partial charge in [0.2, 0.25) is 5.95 Å². The average molecular weight is 641 g/mol. The molecule has 2 heterocycles. The van der Waals surface area contributed by atoms with Crippen LogP contribution in [0.25, 0.3) is 0 Å². The van der Waals surface area contributed by atoms with Crippen LogP contribution >= 0.6 is 11.6 Å². The van der Waals surface area contributed by atoms with Crippen molar-refractivity contribution in [3.8, 4) is 5.75 Å². The van der Waals surface area contributed by atoms with Gasteiger partial charge in [-0.2, -0.15) is 4.98 Å². The van der Waals surface area contributed by atoms with Crippen LogP contribution in [0.1, 0.15) is 43.7 Å². The van der Waals surface area contributed by atoms with Crippen LogP contribution in [0, 0.1) is 6.92 Å². The van der Waals surface area contributed by atoms with Gasteiger partial charge in [0.1, 0.15) is 10.8 Å². The maximum Gasteiger partial charge on any atom is 0.229 e. The summed E-state index contributed by atoms with van der Waals surface area (Å²) < 4.78 is 33.2. The van der Waals surface area contributed by atoms with Crippen LogP contribution in [0.5, 0.6) is 5.75 Å². The molecule has 0 atom stereocenters. The van der Waals surface area contributed by atoms with Crippen LogP contribution in [-0.4, -0.2) is 97.1 Å². The average Bonchev–Trinajstić information content (AvgIpc) is 2.95. The van der Waals surface area contributed by atoms with Crippen molar-refractivity contribution in [1.82, 2.24) is 15.3 Å². The van der Waals surface area contributed by atoms with E-state index in [2.05, 4.69) is 99.9 Å². The molecule has 0 radical (unpaired) electrons. The number of para-hydroxylation sites is 1. The highest BCUT2D eigenvalue weighted by atomic mass is 35.5. The van der Waals surface area contributed by atoms with Gasteiger partial charge in [-0.3, -0.25) is 0 Å². The summed E-state index contributed by atoms with van der Waals surface area (Å²) in [5.74, 6) is 1.78. The van der Waals surface area contributed by atoms with Crippen molar-refractivity contribution in [3.63, 3.8) is 0 Å². The van der Waals surface area contributed by atoms with Gasteiger partial charge in [-0.05, 0) is 88.0 Å². The fourth-order valence-corrected chi connectivity index (χ4v) is 7.28. The van der Waals surface area contributed by atoms with E-state index in [1.807, 2.05) is 0 Å². The summed E-state index contributed by atoms with van der Waals surface area (Å²) in [6.45, 7) is 7.46. The van der Waals surface area contributed by atoms with Gasteiger partial charge >= 0.3 is 0 Å². The number of aryl methyl sites for hydroxylation is 1. The molecule has 1 saturated heterocycles. The monoisotopic (exact) mass is 641 g/mol. The van der Waals surface area contributed by atoms with Crippen molar-refractivity contribution in [2.75, 3.05) is 23.7 Å². The predicted molar refractivity (Wildman–Crippen MR) is 207 cm³/mol. The number of rotatable bonds is 11. The van der Waals surface area contributed by atoms with Gasteiger partial charge in [-0.15, -0.1) is 0 Å². The van der Waals surface area contributed by atoms with Gasteiger partial charge in [-0.25, -0.2) is 13.4 Å². The molecule has 1 aromatic heterocycles. The van der Waals surface area contributed by atoms with Crippen LogP contribution in [0.3, 0.4) is 0 Å². The van der Waals surface area contributed by atoms with E-state index in [1.54, 1.807) is 38.1 Å². The van der Waals surface area contributed by atoms with Gasteiger partial charge in [0.15, 0.2) is 23.5 Å². The first-order valence-electron chi connectivity index (χ1n) is 15.8. The molecular weight excluding hydrogens is 598 g/mol. The molecule has 45 heavy (non-hydrogen) atoms. The molecule has 1 aliphatic rings. The lowest BCUT2D eigenvalue weighted by molar-refractivity contribution is 0.159. The third-order valence-corrected chi connectivity index (χ3v) is 11.9. The van der Waals surface area contributed by atoms with Crippen molar-refractivity contribution >= 4 is 99.5 Å². The molecule has 2 aromatic carbocycles. The SMILES string of the molecule is BC(B)(B)C(B)(Oc1cc(C2CCNCC2)c(C)cc1Nc1ncc(Cl)c(Nc2ccccc2S(=O)(=O)C(C)C)n1)C(B)(B)B. The van der Waals surface area contributed by atoms with E-state index in [1.165, 1.54) is 17.3 Å². The second kappa shape index (κ2) is 13.4. The van der Waals surface area contributed by atoms with Gasteiger partial charge in [0.25, 0.3) is 0 Å². The smallest absolute Gasteiger partial charge is 0.229 e. The summed E-state index contributed by atoms with van der Waals surface area (Å²) in [7, 11) is 11.9. The number of ether oxygens (including phenoxy) is 1. The molecule has 232 valence electrons. The Balaban J connectivity index is 1.77. The second-order valence-corrected chi connectivity index (χ2v) is 17.5. The first kappa shape index (κ1) is 35.4. The minimum absolute atomic E-state index is 0.181. The molecule has 8 nitrogen and oxygen atoms in total. The molecule has 0 amide bonds. The quantitative estimate of drug-likeness (QED) is 0.235. The minimum atomic E-state index is -3.55. The predicted octanol–water partition coefficient (Wildman–Crippen LogP) is -0.771. The highest BCUT2D eigenvalue weighted by molar-refractivity contribution is 7.92. The zero-order chi connectivity index (χ0) is 33.4. The van der Waals surface area contributed by atoms with Gasteiger partial charge in [0.05, 0.1) is 74.8 Å². The number of halogens is 1. The molecule has 0 aliphatic carbocycles. The molecule has 3 aromatic rings. The molecule has 1 fully saturated rings. The highest BCUT2D eigenvalue weighted by Crippen LogP contribution is 2.47. The van der Waals surface area contributed by atoms with E-state index < -0.39 is 20.6 Å². The van der Waals surface area contributed by atoms with Crippen molar-refractivity contribution in [2.24, 2.45) is 0 Å². The number of anilines is 4. The third-order valence-electron chi connectivity index (χ3n) is 9.38. The second-order valence-electron chi connectivity index (χ2n) is 14.6. The van der Waals surface area contributed by atoms with Crippen molar-refractivity contribution < 1.29 is 13.2 Å². The number of aromatic nitrogens is 2. The lowest BCUT2D eigenvalue weighted by Crippen LogP contribution is -2.59. The first-order chi connectivity index (χ1) is 20.8. The molecule has 17 heteroatoms. The zero-order valence-electron chi connectivity index (χ0n) is 28.4. The van der Waals surface area contributed by atoms with Crippen LogP contribution in [-0.2, 0) is 9.84 Å². The molecule has 0 saturated carbocycles. The molecule has 1 aliphatic heterocycles. The summed E-state index contributed by atoms with van der Waals surface area (Å²) in [4.78, 5) is 9.35. The minimum Gasteiger partial charge on any atom is -0.498 e. The standard InChI is InChI=1S/C28H43B7ClN5O3S/c1-15(2)45(42,43)23-7-5-4-6-20(23)39-24-19(36)14-38-25(41-24)40-21-12-16(3)18(17-8-10-37-11-9-17)13-22(21)44-26(29,27(30,31)32)28(33,34)35/h4-7,12-15,17,37H,8-11,29-35H2,1-3H3,(H2,38,39,40,41).